The molecule has 0 saturated carbocycles. The fourth-order valence-corrected chi connectivity index (χ4v) is 2.09. The first-order valence-corrected chi connectivity index (χ1v) is 6.22. The van der Waals surface area contributed by atoms with Gasteiger partial charge in [0.25, 0.3) is 0 Å². The van der Waals surface area contributed by atoms with Gasteiger partial charge in [0.1, 0.15) is 5.75 Å². The maximum Gasteiger partial charge on any atom is 0.430 e. The third-order valence-electron chi connectivity index (χ3n) is 2.90. The zero-order valence-corrected chi connectivity index (χ0v) is 11.4. The van der Waals surface area contributed by atoms with Crippen LogP contribution in [-0.2, 0) is 9.53 Å². The predicted molar refractivity (Wildman–Crippen MR) is 71.0 cm³/mol. The highest BCUT2D eigenvalue weighted by Gasteiger charge is 2.49. The molecule has 1 aromatic rings. The van der Waals surface area contributed by atoms with Crippen molar-refractivity contribution in [3.63, 3.8) is 0 Å². The number of benzene rings is 1. The molecule has 1 aromatic carbocycles. The van der Waals surface area contributed by atoms with Gasteiger partial charge in [0.15, 0.2) is 0 Å². The van der Waals surface area contributed by atoms with Gasteiger partial charge in [-0.15, -0.1) is 0 Å². The summed E-state index contributed by atoms with van der Waals surface area (Å²) in [6.45, 7) is 0.322. The molecular weight excluding hydrogens is 285 g/mol. The van der Waals surface area contributed by atoms with Gasteiger partial charge in [-0.1, -0.05) is 11.6 Å². The molecule has 0 spiro atoms. The van der Waals surface area contributed by atoms with Crippen molar-refractivity contribution in [2.24, 2.45) is 0 Å². The molecular formula is C15H15F3O3. The molecule has 21 heavy (non-hydrogen) atoms. The van der Waals surface area contributed by atoms with Crippen LogP contribution in [0.4, 0.5) is 13.2 Å². The predicted octanol–water partition coefficient (Wildman–Crippen LogP) is 3.57. The molecule has 0 radical (unpaired) electrons. The lowest BCUT2D eigenvalue weighted by molar-refractivity contribution is -0.188. The Hall–Kier alpha value is -1.98. The topological polar surface area (TPSA) is 35.5 Å². The highest BCUT2D eigenvalue weighted by atomic mass is 19.4. The smallest absolute Gasteiger partial charge is 0.430 e. The molecule has 114 valence electrons. The lowest BCUT2D eigenvalue weighted by Gasteiger charge is -2.29. The number of rotatable bonds is 2. The first kappa shape index (κ1) is 11.7. The number of fused-ring (bicyclic) bond motifs is 1. The van der Waals surface area contributed by atoms with Gasteiger partial charge in [-0.25, -0.2) is 4.79 Å². The van der Waals surface area contributed by atoms with Crippen molar-refractivity contribution in [3.8, 4) is 5.75 Å². The second-order valence-electron chi connectivity index (χ2n) is 4.59. The molecule has 0 aliphatic carbocycles. The van der Waals surface area contributed by atoms with Crippen LogP contribution in [0.3, 0.4) is 0 Å². The Morgan fingerprint density at radius 2 is 2.19 bits per heavy atom. The summed E-state index contributed by atoms with van der Waals surface area (Å²) in [6, 6.07) is 2.71. The maximum atomic E-state index is 13.3. The number of carbonyl (C=O) groups excluding carboxylic acids is 1. The molecule has 0 fully saturated rings. The van der Waals surface area contributed by atoms with E-state index in [9.17, 15) is 18.0 Å². The number of alkyl halides is 3. The number of ether oxygens (including phenoxy) is 2. The highest BCUT2D eigenvalue weighted by Crippen LogP contribution is 2.39. The van der Waals surface area contributed by atoms with E-state index in [1.165, 1.54) is 19.1 Å². The van der Waals surface area contributed by atoms with Crippen molar-refractivity contribution in [1.29, 1.82) is 0 Å². The van der Waals surface area contributed by atoms with Crippen LogP contribution in [0.2, 0.25) is 0 Å². The van der Waals surface area contributed by atoms with E-state index < -0.39 is 36.4 Å². The number of aryl methyl sites for hydroxylation is 2. The molecule has 1 atom stereocenters. The Balaban J connectivity index is 2.66. The van der Waals surface area contributed by atoms with Crippen molar-refractivity contribution in [1.82, 2.24) is 0 Å². The average molecular weight is 303 g/mol. The first-order valence-electron chi connectivity index (χ1n) is 7.72. The van der Waals surface area contributed by atoms with E-state index in [4.69, 9.17) is 8.85 Å². The molecule has 0 N–H and O–H groups in total. The van der Waals surface area contributed by atoms with E-state index in [1.807, 2.05) is 0 Å². The lowest BCUT2D eigenvalue weighted by Crippen LogP contribution is -2.41. The maximum absolute atomic E-state index is 13.3. The van der Waals surface area contributed by atoms with E-state index in [2.05, 4.69) is 4.74 Å². The zero-order valence-electron chi connectivity index (χ0n) is 14.4. The zero-order chi connectivity index (χ0) is 18.3. The van der Waals surface area contributed by atoms with Crippen molar-refractivity contribution < 1.29 is 31.6 Å². The van der Waals surface area contributed by atoms with E-state index >= 15 is 0 Å². The van der Waals surface area contributed by atoms with Crippen LogP contribution in [0.25, 0.3) is 6.08 Å². The minimum Gasteiger partial charge on any atom is -0.475 e. The molecule has 3 nitrogen and oxygen atoms in total. The largest absolute Gasteiger partial charge is 0.475 e. The Kier molecular flexibility index (Phi) is 3.01. The second kappa shape index (κ2) is 5.42. The van der Waals surface area contributed by atoms with E-state index in [0.29, 0.717) is 5.56 Å². The van der Waals surface area contributed by atoms with E-state index in [0.717, 1.165) is 6.08 Å². The molecule has 0 saturated heterocycles. The molecule has 0 bridgehead atoms. The molecule has 6 heteroatoms. The van der Waals surface area contributed by atoms with Crippen molar-refractivity contribution in [2.45, 2.75) is 33.0 Å². The van der Waals surface area contributed by atoms with Gasteiger partial charge in [0.05, 0.1) is 12.2 Å². The van der Waals surface area contributed by atoms with Crippen LogP contribution in [-0.4, -0.2) is 24.9 Å². The molecule has 2 rings (SSSR count). The minimum absolute atomic E-state index is 0.0953. The molecule has 1 unspecified atom stereocenters. The van der Waals surface area contributed by atoms with Crippen LogP contribution in [0.15, 0.2) is 17.7 Å². The van der Waals surface area contributed by atoms with Crippen molar-refractivity contribution in [3.05, 3.63) is 34.4 Å². The Labute approximate surface area is 124 Å². The fourth-order valence-electron chi connectivity index (χ4n) is 2.09. The SMILES string of the molecule is [2H]C([2H])([2H])c1cc(C)cc2c1OC(C(F)(F)F)C(C(=O)OCC)=C2. The summed E-state index contributed by atoms with van der Waals surface area (Å²) in [4.78, 5) is 11.9. The number of esters is 1. The third-order valence-corrected chi connectivity index (χ3v) is 2.90. The van der Waals surface area contributed by atoms with Gasteiger partial charge < -0.3 is 9.47 Å². The number of hydrogen-bond acceptors (Lipinski definition) is 3. The lowest BCUT2D eigenvalue weighted by atomic mass is 9.97. The number of carbonyl (C=O) groups is 1. The first-order chi connectivity index (χ1) is 10.9. The van der Waals surface area contributed by atoms with Crippen molar-refractivity contribution in [2.75, 3.05) is 6.61 Å². The molecule has 0 aromatic heterocycles. The number of halogens is 3. The monoisotopic (exact) mass is 303 g/mol. The van der Waals surface area contributed by atoms with Gasteiger partial charge in [0.2, 0.25) is 6.10 Å². The minimum atomic E-state index is -4.90. The summed E-state index contributed by atoms with van der Waals surface area (Å²) in [5.41, 5.74) is -0.414. The summed E-state index contributed by atoms with van der Waals surface area (Å²) in [5, 5.41) is 0. The molecule has 0 amide bonds. The van der Waals surface area contributed by atoms with Crippen LogP contribution in [0.1, 0.15) is 27.7 Å². The Morgan fingerprint density at radius 1 is 1.48 bits per heavy atom. The van der Waals surface area contributed by atoms with Gasteiger partial charge in [0, 0.05) is 9.68 Å². The van der Waals surface area contributed by atoms with Gasteiger partial charge in [-0.3, -0.25) is 0 Å². The Bertz CT molecular complexity index is 694. The summed E-state index contributed by atoms with van der Waals surface area (Å²) in [6.07, 6.45) is -6.49. The average Bonchev–Trinajstić information content (AvgIpc) is 2.43. The van der Waals surface area contributed by atoms with Gasteiger partial charge in [-0.2, -0.15) is 13.2 Å². The molecule has 1 aliphatic rings. The summed E-state index contributed by atoms with van der Waals surface area (Å²) >= 11 is 0. The third kappa shape index (κ3) is 3.04. The standard InChI is InChI=1S/C15H15F3O3/c1-4-20-14(19)11-7-10-6-8(2)5-9(3)12(10)21-13(11)15(16,17)18/h5-7,13H,4H2,1-3H3/i3D3. The summed E-state index contributed by atoms with van der Waals surface area (Å²) < 4.78 is 71.9. The van der Waals surface area contributed by atoms with E-state index in [1.54, 1.807) is 6.92 Å². The van der Waals surface area contributed by atoms with Crippen LogP contribution < -0.4 is 4.74 Å². The molecule has 1 aliphatic heterocycles. The van der Waals surface area contributed by atoms with Gasteiger partial charge >= 0.3 is 12.1 Å². The van der Waals surface area contributed by atoms with Crippen molar-refractivity contribution >= 4 is 12.0 Å². The quantitative estimate of drug-likeness (QED) is 0.784. The summed E-state index contributed by atoms with van der Waals surface area (Å²) in [5.74, 6) is -1.54. The van der Waals surface area contributed by atoms with E-state index in [-0.39, 0.29) is 17.7 Å². The number of hydrogen-bond donors (Lipinski definition) is 0. The van der Waals surface area contributed by atoms with Crippen LogP contribution in [0, 0.1) is 13.8 Å². The van der Waals surface area contributed by atoms with Gasteiger partial charge in [-0.05, 0) is 38.4 Å². The Morgan fingerprint density at radius 3 is 2.76 bits per heavy atom. The molecule has 1 heterocycles. The highest BCUT2D eigenvalue weighted by molar-refractivity contribution is 5.96. The van der Waals surface area contributed by atoms with Crippen LogP contribution in [0.5, 0.6) is 5.75 Å². The summed E-state index contributed by atoms with van der Waals surface area (Å²) in [7, 11) is 0. The normalized spacial score (nSPS) is 20.3. The second-order valence-corrected chi connectivity index (χ2v) is 4.59. The van der Waals surface area contributed by atoms with Crippen LogP contribution >= 0.6 is 0 Å². The fraction of sp³-hybridized carbons (Fsp3) is 0.400.